The van der Waals surface area contributed by atoms with Crippen LogP contribution in [-0.2, 0) is 19.9 Å². The van der Waals surface area contributed by atoms with Crippen LogP contribution in [0, 0.1) is 11.8 Å². The van der Waals surface area contributed by atoms with E-state index in [4.69, 9.17) is 0 Å². The monoisotopic (exact) mass is 316 g/mol. The van der Waals surface area contributed by atoms with Crippen LogP contribution in [0.5, 0.6) is 0 Å². The van der Waals surface area contributed by atoms with Crippen LogP contribution in [0.25, 0.3) is 0 Å². The Morgan fingerprint density at radius 3 is 2.70 bits per heavy atom. The van der Waals surface area contributed by atoms with Gasteiger partial charge in [0.2, 0.25) is 0 Å². The number of piperidine rings is 2. The summed E-state index contributed by atoms with van der Waals surface area (Å²) in [5.74, 6) is 1.78. The van der Waals surface area contributed by atoms with E-state index < -0.39 is 0 Å². The standard InChI is InChI=1S/C18H28N4O/c1-21-16-6-2-5-15(16)17(20-21)18(23)22-10-7-13(8-11-22)14-4-3-9-19-12-14/h13-14,19H,2-12H2,1H3. The molecule has 1 aromatic rings. The summed E-state index contributed by atoms with van der Waals surface area (Å²) < 4.78 is 1.93. The molecule has 1 atom stereocenters. The highest BCUT2D eigenvalue weighted by molar-refractivity contribution is 5.94. The molecular formula is C18H28N4O. The minimum Gasteiger partial charge on any atom is -0.337 e. The molecule has 0 aromatic carbocycles. The first-order chi connectivity index (χ1) is 11.2. The van der Waals surface area contributed by atoms with E-state index in [9.17, 15) is 4.79 Å². The Hall–Kier alpha value is -1.36. The molecule has 2 aliphatic heterocycles. The molecule has 2 saturated heterocycles. The molecule has 1 amide bonds. The van der Waals surface area contributed by atoms with Crippen LogP contribution in [0.15, 0.2) is 0 Å². The number of hydrogen-bond acceptors (Lipinski definition) is 3. The van der Waals surface area contributed by atoms with Crippen LogP contribution in [-0.4, -0.2) is 46.8 Å². The number of likely N-dealkylation sites (tertiary alicyclic amines) is 1. The Balaban J connectivity index is 1.40. The number of aryl methyl sites for hydroxylation is 1. The lowest BCUT2D eigenvalue weighted by Crippen LogP contribution is -2.43. The van der Waals surface area contributed by atoms with Crippen molar-refractivity contribution >= 4 is 5.91 Å². The second-order valence-electron chi connectivity index (χ2n) is 7.49. The number of amides is 1. The molecule has 1 aliphatic carbocycles. The average molecular weight is 316 g/mol. The van der Waals surface area contributed by atoms with E-state index >= 15 is 0 Å². The van der Waals surface area contributed by atoms with Gasteiger partial charge in [0.15, 0.2) is 5.69 Å². The van der Waals surface area contributed by atoms with Crippen molar-refractivity contribution < 1.29 is 4.79 Å². The van der Waals surface area contributed by atoms with Crippen molar-refractivity contribution in [1.82, 2.24) is 20.0 Å². The first-order valence-electron chi connectivity index (χ1n) is 9.29. The van der Waals surface area contributed by atoms with Crippen LogP contribution in [0.3, 0.4) is 0 Å². The fourth-order valence-corrected chi connectivity index (χ4v) is 4.79. The van der Waals surface area contributed by atoms with Gasteiger partial charge in [0.05, 0.1) is 0 Å². The molecule has 1 unspecified atom stereocenters. The maximum atomic E-state index is 12.9. The number of aromatic nitrogens is 2. The summed E-state index contributed by atoms with van der Waals surface area (Å²) in [6.07, 6.45) is 8.25. The van der Waals surface area contributed by atoms with Crippen LogP contribution < -0.4 is 5.32 Å². The Bertz CT molecular complexity index is 580. The van der Waals surface area contributed by atoms with Gasteiger partial charge < -0.3 is 10.2 Å². The summed E-state index contributed by atoms with van der Waals surface area (Å²) in [5, 5.41) is 8.06. The Morgan fingerprint density at radius 2 is 1.96 bits per heavy atom. The maximum absolute atomic E-state index is 12.9. The van der Waals surface area contributed by atoms with E-state index in [-0.39, 0.29) is 5.91 Å². The zero-order chi connectivity index (χ0) is 15.8. The van der Waals surface area contributed by atoms with Gasteiger partial charge in [0.1, 0.15) is 0 Å². The molecule has 126 valence electrons. The summed E-state index contributed by atoms with van der Waals surface area (Å²) in [7, 11) is 1.98. The molecule has 3 aliphatic rings. The third-order valence-corrected chi connectivity index (χ3v) is 6.15. The summed E-state index contributed by atoms with van der Waals surface area (Å²) in [6, 6.07) is 0. The van der Waals surface area contributed by atoms with Crippen molar-refractivity contribution in [3.8, 4) is 0 Å². The smallest absolute Gasteiger partial charge is 0.274 e. The molecule has 5 nitrogen and oxygen atoms in total. The first-order valence-corrected chi connectivity index (χ1v) is 9.29. The molecule has 1 aromatic heterocycles. The highest BCUT2D eigenvalue weighted by Gasteiger charge is 2.32. The van der Waals surface area contributed by atoms with Gasteiger partial charge in [-0.1, -0.05) is 0 Å². The van der Waals surface area contributed by atoms with E-state index in [1.807, 2.05) is 16.6 Å². The maximum Gasteiger partial charge on any atom is 0.274 e. The van der Waals surface area contributed by atoms with E-state index in [1.54, 1.807) is 0 Å². The summed E-state index contributed by atoms with van der Waals surface area (Å²) in [6.45, 7) is 4.17. The second-order valence-corrected chi connectivity index (χ2v) is 7.49. The average Bonchev–Trinajstić information content (AvgIpc) is 3.20. The largest absolute Gasteiger partial charge is 0.337 e. The van der Waals surface area contributed by atoms with Crippen molar-refractivity contribution in [2.75, 3.05) is 26.2 Å². The van der Waals surface area contributed by atoms with Crippen molar-refractivity contribution in [2.24, 2.45) is 18.9 Å². The van der Waals surface area contributed by atoms with E-state index in [1.165, 1.54) is 37.2 Å². The van der Waals surface area contributed by atoms with Gasteiger partial charge in [-0.05, 0) is 69.9 Å². The Kier molecular flexibility index (Phi) is 4.14. The van der Waals surface area contributed by atoms with Gasteiger partial charge in [-0.3, -0.25) is 9.48 Å². The van der Waals surface area contributed by atoms with Crippen LogP contribution in [0.1, 0.15) is 53.8 Å². The molecule has 23 heavy (non-hydrogen) atoms. The summed E-state index contributed by atoms with van der Waals surface area (Å²) in [5.41, 5.74) is 3.23. The molecule has 1 N–H and O–H groups in total. The summed E-state index contributed by atoms with van der Waals surface area (Å²) in [4.78, 5) is 14.9. The van der Waals surface area contributed by atoms with Crippen molar-refractivity contribution in [1.29, 1.82) is 0 Å². The quantitative estimate of drug-likeness (QED) is 0.904. The number of hydrogen-bond donors (Lipinski definition) is 1. The fraction of sp³-hybridized carbons (Fsp3) is 0.778. The van der Waals surface area contributed by atoms with E-state index in [0.29, 0.717) is 0 Å². The molecule has 3 heterocycles. The highest BCUT2D eigenvalue weighted by Crippen LogP contribution is 2.31. The van der Waals surface area contributed by atoms with Gasteiger partial charge >= 0.3 is 0 Å². The molecule has 0 bridgehead atoms. The third kappa shape index (κ3) is 2.80. The van der Waals surface area contributed by atoms with Gasteiger partial charge in [-0.25, -0.2) is 0 Å². The van der Waals surface area contributed by atoms with E-state index in [2.05, 4.69) is 10.4 Å². The number of carbonyl (C=O) groups is 1. The van der Waals surface area contributed by atoms with Crippen LogP contribution >= 0.6 is 0 Å². The normalized spacial score (nSPS) is 25.6. The second kappa shape index (κ2) is 6.27. The predicted molar refractivity (Wildman–Crippen MR) is 89.5 cm³/mol. The van der Waals surface area contributed by atoms with Crippen molar-refractivity contribution in [3.63, 3.8) is 0 Å². The lowest BCUT2D eigenvalue weighted by Gasteiger charge is -2.37. The molecule has 0 spiro atoms. The highest BCUT2D eigenvalue weighted by atomic mass is 16.2. The van der Waals surface area contributed by atoms with Gasteiger partial charge in [0.25, 0.3) is 5.91 Å². The number of nitrogens with zero attached hydrogens (tertiary/aromatic N) is 3. The lowest BCUT2D eigenvalue weighted by atomic mass is 9.80. The number of fused-ring (bicyclic) bond motifs is 1. The van der Waals surface area contributed by atoms with Gasteiger partial charge in [0, 0.05) is 31.4 Å². The molecule has 0 radical (unpaired) electrons. The summed E-state index contributed by atoms with van der Waals surface area (Å²) >= 11 is 0. The zero-order valence-electron chi connectivity index (χ0n) is 14.2. The number of carbonyl (C=O) groups excluding carboxylic acids is 1. The topological polar surface area (TPSA) is 50.2 Å². The molecule has 4 rings (SSSR count). The molecular weight excluding hydrogens is 288 g/mol. The molecule has 2 fully saturated rings. The first kappa shape index (κ1) is 15.2. The SMILES string of the molecule is Cn1nc(C(=O)N2CCC(C3CCCNC3)CC2)c2c1CCC2. The number of rotatable bonds is 2. The molecule has 5 heteroatoms. The minimum atomic E-state index is 0.170. The Labute approximate surface area is 138 Å². The number of nitrogens with one attached hydrogen (secondary N) is 1. The fourth-order valence-electron chi connectivity index (χ4n) is 4.79. The van der Waals surface area contributed by atoms with Crippen LogP contribution in [0.4, 0.5) is 0 Å². The van der Waals surface area contributed by atoms with Crippen molar-refractivity contribution in [2.45, 2.75) is 44.9 Å². The Morgan fingerprint density at radius 1 is 1.13 bits per heavy atom. The van der Waals surface area contributed by atoms with Gasteiger partial charge in [-0.15, -0.1) is 0 Å². The third-order valence-electron chi connectivity index (χ3n) is 6.15. The van der Waals surface area contributed by atoms with Crippen molar-refractivity contribution in [3.05, 3.63) is 17.0 Å². The van der Waals surface area contributed by atoms with Gasteiger partial charge in [-0.2, -0.15) is 5.10 Å². The van der Waals surface area contributed by atoms with Crippen LogP contribution in [0.2, 0.25) is 0 Å². The van der Waals surface area contributed by atoms with E-state index in [0.717, 1.165) is 62.7 Å². The minimum absolute atomic E-state index is 0.170. The lowest BCUT2D eigenvalue weighted by molar-refractivity contribution is 0.0638. The predicted octanol–water partition coefficient (Wildman–Crippen LogP) is 1.76. The zero-order valence-corrected chi connectivity index (χ0v) is 14.2. The molecule has 0 saturated carbocycles.